The van der Waals surface area contributed by atoms with E-state index in [0.29, 0.717) is 0 Å². The van der Waals surface area contributed by atoms with Crippen molar-refractivity contribution in [2.45, 2.75) is 12.8 Å². The molecule has 0 unspecified atom stereocenters. The fourth-order valence-corrected chi connectivity index (χ4v) is 4.44. The third kappa shape index (κ3) is 2.65. The summed E-state index contributed by atoms with van der Waals surface area (Å²) in [7, 11) is 2.73. The second-order valence-electron chi connectivity index (χ2n) is 7.10. The monoisotopic (exact) mass is 385 g/mol. The lowest BCUT2D eigenvalue weighted by molar-refractivity contribution is -0.385. The fourth-order valence-electron chi connectivity index (χ4n) is 4.44. The summed E-state index contributed by atoms with van der Waals surface area (Å²) in [4.78, 5) is 36.3. The molecule has 146 valence electrons. The number of hydrogen-bond donors (Lipinski definition) is 0. The summed E-state index contributed by atoms with van der Waals surface area (Å²) in [6.07, 6.45) is 7.11. The van der Waals surface area contributed by atoms with E-state index in [0.717, 1.165) is 17.9 Å². The minimum absolute atomic E-state index is 0.0426. The predicted molar refractivity (Wildman–Crippen MR) is 98.0 cm³/mol. The number of carbonyl (C=O) groups excluding carboxylic acids is 2. The number of benzene rings is 1. The van der Waals surface area contributed by atoms with Crippen LogP contribution in [0.4, 0.5) is 5.69 Å². The number of rotatable bonds is 5. The van der Waals surface area contributed by atoms with Gasteiger partial charge in [0.1, 0.15) is 5.75 Å². The molecule has 1 aliphatic heterocycles. The minimum atomic E-state index is -0.584. The highest BCUT2D eigenvalue weighted by Gasteiger charge is 2.56. The molecule has 5 rings (SSSR count). The van der Waals surface area contributed by atoms with Gasteiger partial charge in [-0.2, -0.15) is 10.1 Å². The number of methoxy groups -OCH3 is 2. The number of amides is 2. The highest BCUT2D eigenvalue weighted by atomic mass is 16.6. The molecule has 1 saturated carbocycles. The van der Waals surface area contributed by atoms with Gasteiger partial charge in [0.15, 0.2) is 0 Å². The lowest BCUT2D eigenvalue weighted by Gasteiger charge is -2.37. The van der Waals surface area contributed by atoms with Crippen LogP contribution in [-0.4, -0.2) is 42.2 Å². The van der Waals surface area contributed by atoms with E-state index in [-0.39, 0.29) is 58.2 Å². The fraction of sp³-hybridized carbons (Fsp3) is 0.421. The van der Waals surface area contributed by atoms with Crippen molar-refractivity contribution in [3.05, 3.63) is 40.0 Å². The molecule has 4 atom stereocenters. The highest BCUT2D eigenvalue weighted by Crippen LogP contribution is 2.49. The van der Waals surface area contributed by atoms with Gasteiger partial charge in [0, 0.05) is 17.7 Å². The van der Waals surface area contributed by atoms with Crippen molar-refractivity contribution >= 4 is 23.7 Å². The normalized spacial score (nSPS) is 28.1. The molecule has 9 heteroatoms. The topological polar surface area (TPSA) is 111 Å². The Bertz CT molecular complexity index is 892. The molecule has 2 bridgehead atoms. The first-order valence-electron chi connectivity index (χ1n) is 8.96. The van der Waals surface area contributed by atoms with Crippen molar-refractivity contribution in [1.82, 2.24) is 5.01 Å². The Kier molecular flexibility index (Phi) is 4.37. The molecular weight excluding hydrogens is 366 g/mol. The molecule has 0 N–H and O–H groups in total. The molecule has 28 heavy (non-hydrogen) atoms. The lowest BCUT2D eigenvalue weighted by Crippen LogP contribution is -2.38. The Labute approximate surface area is 160 Å². The third-order valence-electron chi connectivity index (χ3n) is 5.78. The molecule has 1 aromatic carbocycles. The van der Waals surface area contributed by atoms with Gasteiger partial charge >= 0.3 is 5.69 Å². The minimum Gasteiger partial charge on any atom is -0.496 e. The van der Waals surface area contributed by atoms with Crippen molar-refractivity contribution in [3.63, 3.8) is 0 Å². The Morgan fingerprint density at radius 1 is 1.07 bits per heavy atom. The van der Waals surface area contributed by atoms with Crippen LogP contribution in [0, 0.1) is 33.8 Å². The van der Waals surface area contributed by atoms with Crippen molar-refractivity contribution in [2.24, 2.45) is 28.8 Å². The number of fused-ring (bicyclic) bond motifs is 1. The largest absolute Gasteiger partial charge is 0.496 e. The molecule has 0 spiro atoms. The maximum Gasteiger partial charge on any atom is 0.311 e. The average Bonchev–Trinajstić information content (AvgIpc) is 2.98. The Morgan fingerprint density at radius 3 is 2.11 bits per heavy atom. The van der Waals surface area contributed by atoms with E-state index in [9.17, 15) is 19.7 Å². The van der Waals surface area contributed by atoms with Crippen molar-refractivity contribution in [1.29, 1.82) is 0 Å². The number of carbonyl (C=O) groups is 2. The highest BCUT2D eigenvalue weighted by molar-refractivity contribution is 6.06. The predicted octanol–water partition coefficient (Wildman–Crippen LogP) is 2.14. The molecule has 4 aliphatic rings. The van der Waals surface area contributed by atoms with Gasteiger partial charge in [0.2, 0.25) is 5.75 Å². The number of nitrogens with zero attached hydrogens (tertiary/aromatic N) is 3. The second kappa shape index (κ2) is 6.74. The van der Waals surface area contributed by atoms with Gasteiger partial charge in [0.25, 0.3) is 11.8 Å². The number of hydrazone groups is 1. The first-order valence-corrected chi connectivity index (χ1v) is 8.96. The summed E-state index contributed by atoms with van der Waals surface area (Å²) < 4.78 is 10.3. The van der Waals surface area contributed by atoms with E-state index in [1.54, 1.807) is 0 Å². The van der Waals surface area contributed by atoms with Crippen LogP contribution in [0.15, 0.2) is 29.4 Å². The summed E-state index contributed by atoms with van der Waals surface area (Å²) in [5.41, 5.74) is 0.00584. The number of imide groups is 1. The van der Waals surface area contributed by atoms with Crippen molar-refractivity contribution < 1.29 is 24.0 Å². The number of allylic oxidation sites excluding steroid dienone is 2. The number of hydrogen-bond acceptors (Lipinski definition) is 7. The Hall–Kier alpha value is -3.23. The van der Waals surface area contributed by atoms with Crippen LogP contribution in [0.3, 0.4) is 0 Å². The molecule has 2 fully saturated rings. The van der Waals surface area contributed by atoms with Gasteiger partial charge < -0.3 is 9.47 Å². The first kappa shape index (κ1) is 18.1. The van der Waals surface area contributed by atoms with E-state index in [2.05, 4.69) is 5.10 Å². The van der Waals surface area contributed by atoms with Crippen molar-refractivity contribution in [3.8, 4) is 11.5 Å². The van der Waals surface area contributed by atoms with Crippen LogP contribution in [0.1, 0.15) is 18.4 Å². The standard InChI is InChI=1S/C19H19N3O6/c1-27-14-8-15(28-2)13(22(25)26)7-12(14)9-20-21-18(23)16-10-3-4-11(6-5-10)17(16)19(21)24/h3-4,7-11,16-17H,5-6H2,1-2H3/b20-9-/t10-,11-,16-,17+/m1/s1. The van der Waals surface area contributed by atoms with Crippen LogP contribution in [0.5, 0.6) is 11.5 Å². The summed E-state index contributed by atoms with van der Waals surface area (Å²) in [5.74, 6) is -0.877. The van der Waals surface area contributed by atoms with Gasteiger partial charge in [-0.15, -0.1) is 0 Å². The summed E-state index contributed by atoms with van der Waals surface area (Å²) in [6.45, 7) is 0. The SMILES string of the molecule is COc1cc(OC)c([N+](=O)[O-])cc1/C=N\N1C(=O)[C@@H]2[C@H](C1=O)[C@@H]1C=C[C@@H]2CC1. The molecule has 1 saturated heterocycles. The molecule has 9 nitrogen and oxygen atoms in total. The van der Waals surface area contributed by atoms with Gasteiger partial charge in [-0.05, 0) is 24.7 Å². The smallest absolute Gasteiger partial charge is 0.311 e. The molecule has 1 heterocycles. The van der Waals surface area contributed by atoms with Gasteiger partial charge in [-0.3, -0.25) is 19.7 Å². The maximum atomic E-state index is 12.8. The van der Waals surface area contributed by atoms with Crippen LogP contribution >= 0.6 is 0 Å². The van der Waals surface area contributed by atoms with Gasteiger partial charge in [-0.1, -0.05) is 12.2 Å². The third-order valence-corrected chi connectivity index (χ3v) is 5.78. The summed E-state index contributed by atoms with van der Waals surface area (Å²) >= 11 is 0. The van der Waals surface area contributed by atoms with E-state index >= 15 is 0 Å². The number of nitro groups is 1. The van der Waals surface area contributed by atoms with Gasteiger partial charge in [-0.25, -0.2) is 0 Å². The van der Waals surface area contributed by atoms with Crippen LogP contribution in [-0.2, 0) is 9.59 Å². The summed E-state index contributed by atoms with van der Waals surface area (Å²) in [5, 5.41) is 16.2. The second-order valence-corrected chi connectivity index (χ2v) is 7.10. The molecular formula is C19H19N3O6. The summed E-state index contributed by atoms with van der Waals surface area (Å²) in [6, 6.07) is 2.61. The Morgan fingerprint density at radius 2 is 1.64 bits per heavy atom. The van der Waals surface area contributed by atoms with Crippen LogP contribution in [0.25, 0.3) is 0 Å². The molecule has 3 aliphatic carbocycles. The molecule has 0 aromatic heterocycles. The average molecular weight is 385 g/mol. The molecule has 1 aromatic rings. The number of nitro benzene ring substituents is 1. The Balaban J connectivity index is 1.66. The van der Waals surface area contributed by atoms with E-state index < -0.39 is 4.92 Å². The van der Waals surface area contributed by atoms with E-state index in [1.807, 2.05) is 12.2 Å². The number of ether oxygens (including phenoxy) is 2. The van der Waals surface area contributed by atoms with Crippen LogP contribution < -0.4 is 9.47 Å². The van der Waals surface area contributed by atoms with Gasteiger partial charge in [0.05, 0.1) is 37.2 Å². The quantitative estimate of drug-likeness (QED) is 0.252. The zero-order chi connectivity index (χ0) is 20.0. The molecule has 0 radical (unpaired) electrons. The van der Waals surface area contributed by atoms with Crippen LogP contribution in [0.2, 0.25) is 0 Å². The zero-order valence-corrected chi connectivity index (χ0v) is 15.4. The van der Waals surface area contributed by atoms with E-state index in [1.165, 1.54) is 32.6 Å². The molecule has 2 amide bonds. The van der Waals surface area contributed by atoms with Crippen molar-refractivity contribution in [2.75, 3.05) is 14.2 Å². The zero-order valence-electron chi connectivity index (χ0n) is 15.4. The van der Waals surface area contributed by atoms with E-state index in [4.69, 9.17) is 9.47 Å². The lowest BCUT2D eigenvalue weighted by atomic mass is 9.63. The maximum absolute atomic E-state index is 12.8. The first-order chi connectivity index (χ1) is 13.5.